The second kappa shape index (κ2) is 13.5. The molecule has 0 aromatic carbocycles. The Balaban J connectivity index is 0. The maximum Gasteiger partial charge on any atom is 0.305 e. The van der Waals surface area contributed by atoms with Gasteiger partial charge < -0.3 is 21.0 Å². The Morgan fingerprint density at radius 2 is 1.41 bits per heavy atom. The number of carboxylic acid groups (broad SMARTS) is 1. The highest BCUT2D eigenvalue weighted by Gasteiger charge is 2.33. The lowest BCUT2D eigenvalue weighted by Gasteiger charge is -2.28. The van der Waals surface area contributed by atoms with Gasteiger partial charge in [-0.25, -0.2) is 0 Å². The SMILES string of the molecule is C/C(=N\OC(C)(C)C)C(C)(C)C.CC(C)(C)SC(CC(=O)O)C(=O)NC(CN)C(=O)C(C)(C)C. The molecule has 0 saturated heterocycles. The van der Waals surface area contributed by atoms with Crippen LogP contribution in [0.1, 0.15) is 96.4 Å². The number of nitrogens with two attached hydrogens (primary N) is 1. The number of thioether (sulfide) groups is 1. The van der Waals surface area contributed by atoms with E-state index in [2.05, 4.69) is 31.2 Å². The molecule has 0 spiro atoms. The summed E-state index contributed by atoms with van der Waals surface area (Å²) in [5.74, 6) is -1.68. The van der Waals surface area contributed by atoms with E-state index < -0.39 is 28.6 Å². The van der Waals surface area contributed by atoms with Gasteiger partial charge in [0.25, 0.3) is 0 Å². The van der Waals surface area contributed by atoms with Gasteiger partial charge in [0.2, 0.25) is 5.91 Å². The molecular formula is C25H49N3O5S. The van der Waals surface area contributed by atoms with Crippen molar-refractivity contribution in [3.05, 3.63) is 0 Å². The number of ketones is 1. The summed E-state index contributed by atoms with van der Waals surface area (Å²) in [6, 6.07) is -0.802. The van der Waals surface area contributed by atoms with Gasteiger partial charge in [-0.1, -0.05) is 67.5 Å². The molecule has 8 nitrogen and oxygen atoms in total. The number of nitrogens with one attached hydrogen (secondary N) is 1. The van der Waals surface area contributed by atoms with Crippen LogP contribution < -0.4 is 11.1 Å². The van der Waals surface area contributed by atoms with E-state index in [1.54, 1.807) is 20.8 Å². The lowest BCUT2D eigenvalue weighted by Crippen LogP contribution is -2.52. The van der Waals surface area contributed by atoms with Crippen LogP contribution in [0.5, 0.6) is 0 Å². The Labute approximate surface area is 211 Å². The fourth-order valence-electron chi connectivity index (χ4n) is 2.13. The third kappa shape index (κ3) is 16.9. The van der Waals surface area contributed by atoms with Crippen molar-refractivity contribution in [3.8, 4) is 0 Å². The number of carbonyl (C=O) groups is 3. The zero-order chi connectivity index (χ0) is 27.7. The van der Waals surface area contributed by atoms with Crippen molar-refractivity contribution in [2.45, 2.75) is 118 Å². The number of hydrogen-bond donors (Lipinski definition) is 3. The predicted octanol–water partition coefficient (Wildman–Crippen LogP) is 4.64. The smallest absolute Gasteiger partial charge is 0.305 e. The summed E-state index contributed by atoms with van der Waals surface area (Å²) < 4.78 is -0.274. The van der Waals surface area contributed by atoms with Gasteiger partial charge in [0.1, 0.15) is 11.6 Å². The van der Waals surface area contributed by atoms with Gasteiger partial charge in [-0.15, -0.1) is 11.8 Å². The fourth-order valence-corrected chi connectivity index (χ4v) is 3.39. The van der Waals surface area contributed by atoms with Crippen LogP contribution >= 0.6 is 11.8 Å². The number of rotatable bonds is 8. The summed E-state index contributed by atoms with van der Waals surface area (Å²) in [5, 5.41) is 14.9. The van der Waals surface area contributed by atoms with Gasteiger partial charge in [-0.05, 0) is 27.7 Å². The summed E-state index contributed by atoms with van der Waals surface area (Å²) >= 11 is 1.26. The predicted molar refractivity (Wildman–Crippen MR) is 142 cm³/mol. The van der Waals surface area contributed by atoms with E-state index in [1.807, 2.05) is 48.5 Å². The Kier molecular flexibility index (Phi) is 13.7. The first-order valence-corrected chi connectivity index (χ1v) is 12.5. The molecule has 0 aliphatic heterocycles. The van der Waals surface area contributed by atoms with Crippen LogP contribution in [0.25, 0.3) is 0 Å². The Morgan fingerprint density at radius 3 is 1.71 bits per heavy atom. The third-order valence-electron chi connectivity index (χ3n) is 4.30. The van der Waals surface area contributed by atoms with Crippen LogP contribution in [0.15, 0.2) is 5.16 Å². The zero-order valence-electron chi connectivity index (χ0n) is 23.6. The molecule has 0 bridgehead atoms. The van der Waals surface area contributed by atoms with Crippen LogP contribution in [0.2, 0.25) is 0 Å². The Hall–Kier alpha value is -1.61. The minimum Gasteiger partial charge on any atom is -0.481 e. The highest BCUT2D eigenvalue weighted by molar-refractivity contribution is 8.01. The molecule has 0 aromatic heterocycles. The quantitative estimate of drug-likeness (QED) is 0.325. The first-order chi connectivity index (χ1) is 14.9. The molecular weight excluding hydrogens is 454 g/mol. The molecule has 0 aliphatic rings. The second-order valence-electron chi connectivity index (χ2n) is 12.4. The third-order valence-corrected chi connectivity index (χ3v) is 5.67. The summed E-state index contributed by atoms with van der Waals surface area (Å²) in [5.41, 5.74) is 5.90. The minimum atomic E-state index is -1.05. The van der Waals surface area contributed by atoms with E-state index in [0.29, 0.717) is 0 Å². The minimum absolute atomic E-state index is 0.0121. The highest BCUT2D eigenvalue weighted by atomic mass is 32.2. The van der Waals surface area contributed by atoms with E-state index in [9.17, 15) is 14.4 Å². The molecule has 0 heterocycles. The highest BCUT2D eigenvalue weighted by Crippen LogP contribution is 2.30. The molecule has 4 N–H and O–H groups in total. The number of nitrogens with zero attached hydrogens (tertiary/aromatic N) is 1. The number of carbonyl (C=O) groups excluding carboxylic acids is 2. The Bertz CT molecular complexity index is 708. The number of carboxylic acids is 1. The standard InChI is InChI=1S/C15H28N2O4S.C10H21NO/c1-14(2,3)12(20)9(8-16)17-13(21)10(7-11(18)19)22-15(4,5)6;1-8(9(2,3)4)11-12-10(5,6)7/h9-10H,7-8,16H2,1-6H3,(H,17,21)(H,18,19);1-7H3/b;11-8+. The maximum atomic E-state index is 12.4. The van der Waals surface area contributed by atoms with Crippen LogP contribution in [0, 0.1) is 10.8 Å². The molecule has 0 rings (SSSR count). The number of hydrogen-bond acceptors (Lipinski definition) is 7. The summed E-state index contributed by atoms with van der Waals surface area (Å²) in [6.45, 7) is 25.3. The lowest BCUT2D eigenvalue weighted by molar-refractivity contribution is -0.138. The van der Waals surface area contributed by atoms with Crippen molar-refractivity contribution in [1.29, 1.82) is 0 Å². The van der Waals surface area contributed by atoms with E-state index in [1.165, 1.54) is 11.8 Å². The molecule has 0 aliphatic carbocycles. The van der Waals surface area contributed by atoms with Crippen molar-refractivity contribution >= 4 is 35.1 Å². The van der Waals surface area contributed by atoms with Gasteiger partial charge in [0.15, 0.2) is 5.78 Å². The Morgan fingerprint density at radius 1 is 0.941 bits per heavy atom. The van der Waals surface area contributed by atoms with Crippen molar-refractivity contribution < 1.29 is 24.3 Å². The monoisotopic (exact) mass is 503 g/mol. The van der Waals surface area contributed by atoms with E-state index >= 15 is 0 Å². The largest absolute Gasteiger partial charge is 0.481 e. The van der Waals surface area contributed by atoms with Crippen molar-refractivity contribution in [2.75, 3.05) is 6.54 Å². The maximum absolute atomic E-state index is 12.4. The van der Waals surface area contributed by atoms with Gasteiger partial charge in [-0.3, -0.25) is 14.4 Å². The van der Waals surface area contributed by atoms with Gasteiger partial charge in [0, 0.05) is 22.1 Å². The van der Waals surface area contributed by atoms with E-state index in [0.717, 1.165) is 5.71 Å². The molecule has 2 unspecified atom stereocenters. The topological polar surface area (TPSA) is 131 Å². The first-order valence-electron chi connectivity index (χ1n) is 11.6. The number of Topliss-reactive ketones (excluding diaryl/α,β-unsaturated/α-hetero) is 1. The van der Waals surface area contributed by atoms with Crippen LogP contribution in [-0.2, 0) is 19.2 Å². The number of oxime groups is 1. The molecule has 200 valence electrons. The van der Waals surface area contributed by atoms with Crippen LogP contribution in [-0.4, -0.2) is 56.7 Å². The van der Waals surface area contributed by atoms with Crippen LogP contribution in [0.3, 0.4) is 0 Å². The van der Waals surface area contributed by atoms with Crippen LogP contribution in [0.4, 0.5) is 0 Å². The average Bonchev–Trinajstić information content (AvgIpc) is 2.59. The molecule has 0 saturated carbocycles. The second-order valence-corrected chi connectivity index (χ2v) is 14.4. The molecule has 2 atom stereocenters. The average molecular weight is 504 g/mol. The van der Waals surface area contributed by atoms with Crippen molar-refractivity contribution in [3.63, 3.8) is 0 Å². The molecule has 34 heavy (non-hydrogen) atoms. The lowest BCUT2D eigenvalue weighted by atomic mass is 9.86. The first kappa shape index (κ1) is 34.6. The fraction of sp³-hybridized carbons (Fsp3) is 0.840. The summed E-state index contributed by atoms with van der Waals surface area (Å²) in [4.78, 5) is 40.9. The van der Waals surface area contributed by atoms with Crippen molar-refractivity contribution in [1.82, 2.24) is 5.32 Å². The van der Waals surface area contributed by atoms with Gasteiger partial charge in [0.05, 0.1) is 17.4 Å². The van der Waals surface area contributed by atoms with Gasteiger partial charge >= 0.3 is 5.97 Å². The normalized spacial score (nSPS) is 14.9. The summed E-state index contributed by atoms with van der Waals surface area (Å²) in [6.07, 6.45) is -0.297. The molecule has 0 fully saturated rings. The van der Waals surface area contributed by atoms with Gasteiger partial charge in [-0.2, -0.15) is 0 Å². The van der Waals surface area contributed by atoms with Crippen molar-refractivity contribution in [2.24, 2.45) is 21.7 Å². The zero-order valence-corrected chi connectivity index (χ0v) is 24.4. The van der Waals surface area contributed by atoms with E-state index in [4.69, 9.17) is 15.7 Å². The molecule has 0 aromatic rings. The summed E-state index contributed by atoms with van der Waals surface area (Å²) in [7, 11) is 0. The van der Waals surface area contributed by atoms with E-state index in [-0.39, 0.29) is 34.5 Å². The number of amides is 1. The molecule has 1 amide bonds. The molecule has 0 radical (unpaired) electrons. The molecule has 9 heteroatoms. The number of aliphatic carboxylic acids is 1.